The fraction of sp³-hybridized carbons (Fsp3) is 0.222. The molecule has 6 nitrogen and oxygen atoms in total. The molecule has 15 heavy (non-hydrogen) atoms. The Morgan fingerprint density at radius 3 is 2.87 bits per heavy atom. The van der Waals surface area contributed by atoms with Crippen molar-refractivity contribution in [3.05, 3.63) is 22.6 Å². The summed E-state index contributed by atoms with van der Waals surface area (Å²) in [5.74, 6) is -0.765. The molecule has 2 rings (SSSR count). The van der Waals surface area contributed by atoms with Crippen LogP contribution in [0, 0.1) is 4.91 Å². The number of phenols is 1. The number of hydrogen-bond acceptors (Lipinski definition) is 6. The maximum absolute atomic E-state index is 11.5. The van der Waals surface area contributed by atoms with Crippen LogP contribution in [-0.2, 0) is 0 Å². The van der Waals surface area contributed by atoms with Crippen molar-refractivity contribution < 1.29 is 19.7 Å². The number of nitrogens with zero attached hydrogens (tertiary/aromatic N) is 1. The number of ether oxygens (including phenoxy) is 1. The lowest BCUT2D eigenvalue weighted by Gasteiger charge is -2.21. The highest BCUT2D eigenvalue weighted by Gasteiger charge is 2.30. The van der Waals surface area contributed by atoms with Crippen molar-refractivity contribution in [2.75, 3.05) is 6.61 Å². The van der Waals surface area contributed by atoms with E-state index in [4.69, 9.17) is 4.74 Å². The zero-order valence-corrected chi connectivity index (χ0v) is 7.51. The molecular weight excluding hydrogens is 202 g/mol. The van der Waals surface area contributed by atoms with Crippen molar-refractivity contribution in [3.8, 4) is 11.5 Å². The molecule has 0 bridgehead atoms. The van der Waals surface area contributed by atoms with Crippen molar-refractivity contribution in [1.29, 1.82) is 0 Å². The first-order chi connectivity index (χ1) is 7.13. The zero-order chi connectivity index (χ0) is 11.0. The number of hydrogen-bond donors (Lipinski definition) is 2. The fourth-order valence-corrected chi connectivity index (χ4v) is 1.43. The van der Waals surface area contributed by atoms with Crippen molar-refractivity contribution in [2.45, 2.75) is 6.10 Å². The molecule has 1 atom stereocenters. The number of carbonyl (C=O) groups is 1. The summed E-state index contributed by atoms with van der Waals surface area (Å²) < 4.78 is 5.00. The molecule has 78 valence electrons. The van der Waals surface area contributed by atoms with E-state index in [-0.39, 0.29) is 29.4 Å². The Kier molecular flexibility index (Phi) is 2.12. The number of aromatic hydroxyl groups is 1. The largest absolute Gasteiger partial charge is 0.508 e. The van der Waals surface area contributed by atoms with E-state index in [0.29, 0.717) is 0 Å². The predicted molar refractivity (Wildman–Crippen MR) is 49.4 cm³/mol. The topological polar surface area (TPSA) is 96.2 Å². The van der Waals surface area contributed by atoms with E-state index >= 15 is 0 Å². The quantitative estimate of drug-likeness (QED) is 0.664. The van der Waals surface area contributed by atoms with Gasteiger partial charge in [0.25, 0.3) is 0 Å². The molecule has 0 saturated heterocycles. The maximum Gasteiger partial charge on any atom is 0.200 e. The molecule has 1 heterocycles. The summed E-state index contributed by atoms with van der Waals surface area (Å²) in [6.45, 7) is -0.187. The summed E-state index contributed by atoms with van der Waals surface area (Å²) in [6, 6.07) is 2.25. The number of rotatable bonds is 1. The average Bonchev–Trinajstić information content (AvgIpc) is 2.22. The Labute approximate surface area is 84.1 Å². The SMILES string of the molecule is O=Nc1cc(O)cc2c1C(=O)[C@@H](O)CO2. The molecule has 1 aliphatic heterocycles. The summed E-state index contributed by atoms with van der Waals surface area (Å²) in [5.41, 5.74) is -0.310. The van der Waals surface area contributed by atoms with Gasteiger partial charge in [-0.15, -0.1) is 4.91 Å². The molecule has 0 radical (unpaired) electrons. The highest BCUT2D eigenvalue weighted by molar-refractivity contribution is 6.07. The van der Waals surface area contributed by atoms with Crippen LogP contribution in [0.5, 0.6) is 11.5 Å². The molecule has 6 heteroatoms. The van der Waals surface area contributed by atoms with Gasteiger partial charge in [-0.2, -0.15) is 0 Å². The molecular formula is C9H7NO5. The van der Waals surface area contributed by atoms with Gasteiger partial charge in [-0.3, -0.25) is 4.79 Å². The number of aliphatic hydroxyl groups is 1. The van der Waals surface area contributed by atoms with E-state index in [1.165, 1.54) is 6.07 Å². The Hall–Kier alpha value is -1.95. The van der Waals surface area contributed by atoms with E-state index in [2.05, 4.69) is 5.18 Å². The van der Waals surface area contributed by atoms with Crippen LogP contribution in [0.15, 0.2) is 17.3 Å². The summed E-state index contributed by atoms with van der Waals surface area (Å²) >= 11 is 0. The van der Waals surface area contributed by atoms with Crippen LogP contribution in [0.25, 0.3) is 0 Å². The van der Waals surface area contributed by atoms with Crippen LogP contribution in [0.3, 0.4) is 0 Å². The van der Waals surface area contributed by atoms with Crippen molar-refractivity contribution in [3.63, 3.8) is 0 Å². The third-order valence-electron chi connectivity index (χ3n) is 2.11. The minimum absolute atomic E-state index is 0.0694. The average molecular weight is 209 g/mol. The Morgan fingerprint density at radius 1 is 1.47 bits per heavy atom. The smallest absolute Gasteiger partial charge is 0.200 e. The van der Waals surface area contributed by atoms with Gasteiger partial charge in [-0.05, 0) is 5.18 Å². The normalized spacial score (nSPS) is 19.3. The number of carbonyl (C=O) groups excluding carboxylic acids is 1. The molecule has 0 aliphatic carbocycles. The molecule has 1 aliphatic rings. The number of ketones is 1. The molecule has 0 unspecified atom stereocenters. The molecule has 2 N–H and O–H groups in total. The first-order valence-electron chi connectivity index (χ1n) is 4.19. The highest BCUT2D eigenvalue weighted by Crippen LogP contribution is 2.36. The van der Waals surface area contributed by atoms with Crippen LogP contribution in [0.2, 0.25) is 0 Å². The molecule has 0 amide bonds. The Morgan fingerprint density at radius 2 is 2.20 bits per heavy atom. The second-order valence-electron chi connectivity index (χ2n) is 3.12. The van der Waals surface area contributed by atoms with Crippen molar-refractivity contribution in [2.24, 2.45) is 5.18 Å². The van der Waals surface area contributed by atoms with Crippen molar-refractivity contribution in [1.82, 2.24) is 0 Å². The second kappa shape index (κ2) is 3.32. The van der Waals surface area contributed by atoms with Gasteiger partial charge in [-0.1, -0.05) is 0 Å². The lowest BCUT2D eigenvalue weighted by molar-refractivity contribution is 0.0559. The van der Waals surface area contributed by atoms with Gasteiger partial charge in [-0.25, -0.2) is 0 Å². The zero-order valence-electron chi connectivity index (χ0n) is 7.51. The maximum atomic E-state index is 11.5. The molecule has 0 saturated carbocycles. The third-order valence-corrected chi connectivity index (χ3v) is 2.11. The number of fused-ring (bicyclic) bond motifs is 1. The minimum Gasteiger partial charge on any atom is -0.508 e. The van der Waals surface area contributed by atoms with Gasteiger partial charge in [0.2, 0.25) is 5.78 Å². The second-order valence-corrected chi connectivity index (χ2v) is 3.12. The molecule has 1 aromatic rings. The van der Waals surface area contributed by atoms with Crippen LogP contribution in [-0.4, -0.2) is 28.7 Å². The summed E-state index contributed by atoms with van der Waals surface area (Å²) in [4.78, 5) is 21.9. The van der Waals surface area contributed by atoms with E-state index in [1.807, 2.05) is 0 Å². The van der Waals surface area contributed by atoms with Crippen molar-refractivity contribution >= 4 is 11.5 Å². The van der Waals surface area contributed by atoms with Gasteiger partial charge in [0.1, 0.15) is 23.8 Å². The first kappa shape index (κ1) is 9.60. The molecule has 1 aromatic carbocycles. The monoisotopic (exact) mass is 209 g/mol. The summed E-state index contributed by atoms with van der Waals surface area (Å²) in [5, 5.41) is 21.0. The van der Waals surface area contributed by atoms with Crippen LogP contribution < -0.4 is 4.74 Å². The Balaban J connectivity index is 2.65. The summed E-state index contributed by atoms with van der Waals surface area (Å²) in [7, 11) is 0. The van der Waals surface area contributed by atoms with Gasteiger partial charge in [0.05, 0.1) is 5.56 Å². The lowest BCUT2D eigenvalue weighted by atomic mass is 10.0. The highest BCUT2D eigenvalue weighted by atomic mass is 16.5. The minimum atomic E-state index is -1.29. The molecule has 0 fully saturated rings. The predicted octanol–water partition coefficient (Wildman–Crippen LogP) is 0.726. The van der Waals surface area contributed by atoms with E-state index in [0.717, 1.165) is 6.07 Å². The van der Waals surface area contributed by atoms with Gasteiger partial charge >= 0.3 is 0 Å². The van der Waals surface area contributed by atoms with Crippen LogP contribution in [0.4, 0.5) is 5.69 Å². The number of nitroso groups, excluding NO2 is 1. The lowest BCUT2D eigenvalue weighted by Crippen LogP contribution is -2.32. The number of phenolic OH excluding ortho intramolecular Hbond substituents is 1. The number of benzene rings is 1. The van der Waals surface area contributed by atoms with E-state index < -0.39 is 11.9 Å². The van der Waals surface area contributed by atoms with Crippen LogP contribution >= 0.6 is 0 Å². The van der Waals surface area contributed by atoms with E-state index in [9.17, 15) is 19.9 Å². The third kappa shape index (κ3) is 1.44. The fourth-order valence-electron chi connectivity index (χ4n) is 1.43. The number of Topliss-reactive ketones (excluding diaryl/α,β-unsaturated/α-hetero) is 1. The van der Waals surface area contributed by atoms with Gasteiger partial charge in [0, 0.05) is 12.1 Å². The summed E-state index contributed by atoms with van der Waals surface area (Å²) in [6.07, 6.45) is -1.29. The van der Waals surface area contributed by atoms with E-state index in [1.54, 1.807) is 0 Å². The van der Waals surface area contributed by atoms with Gasteiger partial charge in [0.15, 0.2) is 6.10 Å². The van der Waals surface area contributed by atoms with Gasteiger partial charge < -0.3 is 14.9 Å². The standard InChI is InChI=1S/C9H7NO5/c11-4-1-5(10-14)8-7(2-4)15-3-6(12)9(8)13/h1-2,6,11-12H,3H2/t6-/m0/s1. The van der Waals surface area contributed by atoms with Crippen LogP contribution in [0.1, 0.15) is 10.4 Å². The molecule has 0 aromatic heterocycles. The first-order valence-corrected chi connectivity index (χ1v) is 4.19. The Bertz CT molecular complexity index is 442. The molecule has 0 spiro atoms. The number of aliphatic hydroxyl groups excluding tert-OH is 1.